The molecule has 29 heavy (non-hydrogen) atoms. The quantitative estimate of drug-likeness (QED) is 0.556. The first-order valence-corrected chi connectivity index (χ1v) is 11.6. The topological polar surface area (TPSA) is 114 Å². The zero-order valence-corrected chi connectivity index (χ0v) is 17.9. The molecule has 0 aliphatic rings. The van der Waals surface area contributed by atoms with Crippen LogP contribution in [-0.4, -0.2) is 45.1 Å². The average Bonchev–Trinajstić information content (AvgIpc) is 2.61. The monoisotopic (exact) mass is 437 g/mol. The number of ether oxygens (including phenoxy) is 1. The molecule has 0 saturated carbocycles. The predicted molar refractivity (Wildman–Crippen MR) is 117 cm³/mol. The van der Waals surface area contributed by atoms with E-state index in [1.807, 2.05) is 25.1 Å². The van der Waals surface area contributed by atoms with Crippen LogP contribution in [0.1, 0.15) is 5.56 Å². The molecule has 8 nitrogen and oxygen atoms in total. The maximum absolute atomic E-state index is 12.1. The minimum atomic E-state index is -3.45. The summed E-state index contributed by atoms with van der Waals surface area (Å²) >= 11 is 1.19. The van der Waals surface area contributed by atoms with Crippen LogP contribution in [0.15, 0.2) is 42.5 Å². The molecule has 0 spiro atoms. The van der Waals surface area contributed by atoms with E-state index < -0.39 is 10.0 Å². The van der Waals surface area contributed by atoms with Gasteiger partial charge in [-0.25, -0.2) is 8.42 Å². The lowest BCUT2D eigenvalue weighted by molar-refractivity contribution is -0.114. The summed E-state index contributed by atoms with van der Waals surface area (Å²) in [7, 11) is -2.05. The van der Waals surface area contributed by atoms with Gasteiger partial charge in [0.2, 0.25) is 21.8 Å². The number of thioether (sulfide) groups is 1. The van der Waals surface area contributed by atoms with Crippen LogP contribution in [0, 0.1) is 6.92 Å². The van der Waals surface area contributed by atoms with Gasteiger partial charge in [0.1, 0.15) is 5.75 Å². The summed E-state index contributed by atoms with van der Waals surface area (Å²) in [5.41, 5.74) is 2.49. The summed E-state index contributed by atoms with van der Waals surface area (Å²) in [5, 5.41) is 5.47. The van der Waals surface area contributed by atoms with Crippen molar-refractivity contribution in [3.63, 3.8) is 0 Å². The highest BCUT2D eigenvalue weighted by atomic mass is 32.2. The van der Waals surface area contributed by atoms with E-state index in [1.165, 1.54) is 31.0 Å². The Bertz CT molecular complexity index is 993. The molecule has 0 bridgehead atoms. The van der Waals surface area contributed by atoms with E-state index in [9.17, 15) is 18.0 Å². The van der Waals surface area contributed by atoms with Crippen LogP contribution in [0.2, 0.25) is 0 Å². The number of amides is 2. The standard InChI is InChI=1S/C19H23N3O5S2/c1-13-5-4-6-14(9-13)20-18(23)11-28-12-19(24)21-15-7-8-16(17(10-15)27-2)22-29(3,25)26/h4-10,22H,11-12H2,1-3H3,(H,20,23)(H,21,24). The van der Waals surface area contributed by atoms with Gasteiger partial charge < -0.3 is 15.4 Å². The van der Waals surface area contributed by atoms with Crippen LogP contribution in [0.5, 0.6) is 5.75 Å². The highest BCUT2D eigenvalue weighted by Gasteiger charge is 2.11. The molecule has 10 heteroatoms. The molecule has 0 unspecified atom stereocenters. The second kappa shape index (κ2) is 10.2. The number of carbonyl (C=O) groups is 2. The van der Waals surface area contributed by atoms with Crippen molar-refractivity contribution >= 4 is 50.7 Å². The molecular formula is C19H23N3O5S2. The molecule has 0 radical (unpaired) electrons. The van der Waals surface area contributed by atoms with E-state index in [0.717, 1.165) is 17.5 Å². The van der Waals surface area contributed by atoms with Crippen molar-refractivity contribution in [2.24, 2.45) is 0 Å². The molecule has 0 fully saturated rings. The summed E-state index contributed by atoms with van der Waals surface area (Å²) in [6.07, 6.45) is 1.04. The van der Waals surface area contributed by atoms with E-state index in [1.54, 1.807) is 12.1 Å². The normalized spacial score (nSPS) is 10.9. The lowest BCUT2D eigenvalue weighted by atomic mass is 10.2. The number of rotatable bonds is 9. The molecule has 0 atom stereocenters. The average molecular weight is 438 g/mol. The van der Waals surface area contributed by atoms with E-state index in [2.05, 4.69) is 15.4 Å². The number of benzene rings is 2. The lowest BCUT2D eigenvalue weighted by Gasteiger charge is -2.12. The molecule has 0 aromatic heterocycles. The molecular weight excluding hydrogens is 414 g/mol. The highest BCUT2D eigenvalue weighted by Crippen LogP contribution is 2.28. The van der Waals surface area contributed by atoms with Crippen LogP contribution >= 0.6 is 11.8 Å². The van der Waals surface area contributed by atoms with E-state index in [0.29, 0.717) is 5.69 Å². The zero-order chi connectivity index (χ0) is 21.4. The lowest BCUT2D eigenvalue weighted by Crippen LogP contribution is -2.18. The van der Waals surface area contributed by atoms with Gasteiger partial charge in [-0.1, -0.05) is 12.1 Å². The van der Waals surface area contributed by atoms with Gasteiger partial charge in [-0.05, 0) is 36.8 Å². The fourth-order valence-corrected chi connectivity index (χ4v) is 3.59. The van der Waals surface area contributed by atoms with Gasteiger partial charge in [-0.2, -0.15) is 0 Å². The molecule has 2 aromatic rings. The largest absolute Gasteiger partial charge is 0.494 e. The smallest absolute Gasteiger partial charge is 0.234 e. The summed E-state index contributed by atoms with van der Waals surface area (Å²) in [4.78, 5) is 24.1. The van der Waals surface area contributed by atoms with Gasteiger partial charge in [-0.15, -0.1) is 11.8 Å². The number of methoxy groups -OCH3 is 1. The molecule has 0 aliphatic heterocycles. The Labute approximate surface area is 174 Å². The predicted octanol–water partition coefficient (Wildman–Crippen LogP) is 2.69. The first-order valence-electron chi connectivity index (χ1n) is 8.56. The van der Waals surface area contributed by atoms with Crippen molar-refractivity contribution in [3.05, 3.63) is 48.0 Å². The Balaban J connectivity index is 1.83. The summed E-state index contributed by atoms with van der Waals surface area (Å²) in [5.74, 6) is 0.0309. The Hall–Kier alpha value is -2.72. The van der Waals surface area contributed by atoms with Crippen LogP contribution in [0.4, 0.5) is 17.1 Å². The summed E-state index contributed by atoms with van der Waals surface area (Å²) in [6, 6.07) is 12.0. The van der Waals surface area contributed by atoms with E-state index >= 15 is 0 Å². The Morgan fingerprint density at radius 3 is 2.17 bits per heavy atom. The maximum atomic E-state index is 12.1. The minimum Gasteiger partial charge on any atom is -0.494 e. The number of hydrogen-bond acceptors (Lipinski definition) is 6. The molecule has 2 amide bonds. The molecule has 0 saturated heterocycles. The van der Waals surface area contributed by atoms with Gasteiger partial charge >= 0.3 is 0 Å². The van der Waals surface area contributed by atoms with Crippen molar-refractivity contribution in [3.8, 4) is 5.75 Å². The maximum Gasteiger partial charge on any atom is 0.234 e. The number of carbonyl (C=O) groups excluding carboxylic acids is 2. The molecule has 156 valence electrons. The number of sulfonamides is 1. The Morgan fingerprint density at radius 2 is 1.62 bits per heavy atom. The number of aryl methyl sites for hydroxylation is 1. The second-order valence-electron chi connectivity index (χ2n) is 6.25. The number of nitrogens with one attached hydrogen (secondary N) is 3. The van der Waals surface area contributed by atoms with Crippen molar-refractivity contribution in [1.82, 2.24) is 0 Å². The SMILES string of the molecule is COc1cc(NC(=O)CSCC(=O)Nc2cccc(C)c2)ccc1NS(C)(=O)=O. The van der Waals surface area contributed by atoms with E-state index in [4.69, 9.17) is 4.74 Å². The summed E-state index contributed by atoms with van der Waals surface area (Å²) in [6.45, 7) is 1.94. The van der Waals surface area contributed by atoms with Gasteiger partial charge in [0.25, 0.3) is 0 Å². The highest BCUT2D eigenvalue weighted by molar-refractivity contribution is 8.00. The van der Waals surface area contributed by atoms with Gasteiger partial charge in [0, 0.05) is 17.4 Å². The molecule has 0 heterocycles. The third-order valence-corrected chi connectivity index (χ3v) is 5.07. The van der Waals surface area contributed by atoms with E-state index in [-0.39, 0.29) is 34.8 Å². The summed E-state index contributed by atoms with van der Waals surface area (Å²) < 4.78 is 30.2. The molecule has 2 rings (SSSR count). The van der Waals surface area contributed by atoms with Crippen molar-refractivity contribution in [2.75, 3.05) is 40.2 Å². The second-order valence-corrected chi connectivity index (χ2v) is 8.98. The molecule has 3 N–H and O–H groups in total. The first-order chi connectivity index (χ1) is 13.7. The van der Waals surface area contributed by atoms with Crippen molar-refractivity contribution in [2.45, 2.75) is 6.92 Å². The third kappa shape index (κ3) is 8.04. The molecule has 0 aliphatic carbocycles. The van der Waals surface area contributed by atoms with Crippen LogP contribution in [0.25, 0.3) is 0 Å². The van der Waals surface area contributed by atoms with Gasteiger partial charge in [-0.3, -0.25) is 14.3 Å². The molecule has 2 aromatic carbocycles. The van der Waals surface area contributed by atoms with Crippen LogP contribution < -0.4 is 20.1 Å². The zero-order valence-electron chi connectivity index (χ0n) is 16.3. The van der Waals surface area contributed by atoms with Crippen LogP contribution in [-0.2, 0) is 19.6 Å². The van der Waals surface area contributed by atoms with Gasteiger partial charge in [0.15, 0.2) is 0 Å². The Morgan fingerprint density at radius 1 is 1.00 bits per heavy atom. The number of hydrogen-bond donors (Lipinski definition) is 3. The fourth-order valence-electron chi connectivity index (χ4n) is 2.41. The van der Waals surface area contributed by atoms with Crippen LogP contribution in [0.3, 0.4) is 0 Å². The fraction of sp³-hybridized carbons (Fsp3) is 0.263. The van der Waals surface area contributed by atoms with Crippen molar-refractivity contribution < 1.29 is 22.7 Å². The van der Waals surface area contributed by atoms with Gasteiger partial charge in [0.05, 0.1) is 30.6 Å². The number of anilines is 3. The Kier molecular flexibility index (Phi) is 7.91. The van der Waals surface area contributed by atoms with Crippen molar-refractivity contribution in [1.29, 1.82) is 0 Å². The minimum absolute atomic E-state index is 0.0902. The third-order valence-electron chi connectivity index (χ3n) is 3.55. The first kappa shape index (κ1) is 22.6.